The Balaban J connectivity index is 1.80. The van der Waals surface area contributed by atoms with E-state index >= 15 is 0 Å². The summed E-state index contributed by atoms with van der Waals surface area (Å²) in [6.45, 7) is 1.28. The highest BCUT2D eigenvalue weighted by molar-refractivity contribution is 5.92. The van der Waals surface area contributed by atoms with E-state index in [1.54, 1.807) is 19.2 Å². The highest BCUT2D eigenvalue weighted by Crippen LogP contribution is 2.28. The SMILES string of the molecule is COCCNCC(=O)Nc1ccc(OC2CCC2)c(F)c1. The minimum atomic E-state index is -0.452. The second-order valence-corrected chi connectivity index (χ2v) is 5.03. The van der Waals surface area contributed by atoms with E-state index in [0.717, 1.165) is 19.3 Å². The predicted octanol–water partition coefficient (Wildman–Crippen LogP) is 1.93. The van der Waals surface area contributed by atoms with Crippen molar-refractivity contribution in [3.05, 3.63) is 24.0 Å². The van der Waals surface area contributed by atoms with Crippen molar-refractivity contribution in [3.8, 4) is 5.75 Å². The van der Waals surface area contributed by atoms with Crippen molar-refractivity contribution in [2.45, 2.75) is 25.4 Å². The zero-order valence-corrected chi connectivity index (χ0v) is 12.2. The van der Waals surface area contributed by atoms with Gasteiger partial charge in [-0.3, -0.25) is 4.79 Å². The van der Waals surface area contributed by atoms with Gasteiger partial charge in [0.25, 0.3) is 0 Å². The molecule has 1 aliphatic rings. The van der Waals surface area contributed by atoms with Crippen LogP contribution >= 0.6 is 0 Å². The van der Waals surface area contributed by atoms with E-state index in [9.17, 15) is 9.18 Å². The van der Waals surface area contributed by atoms with Crippen LogP contribution in [-0.2, 0) is 9.53 Å². The van der Waals surface area contributed by atoms with Gasteiger partial charge in [0.2, 0.25) is 5.91 Å². The molecule has 0 saturated heterocycles. The van der Waals surface area contributed by atoms with E-state index in [4.69, 9.17) is 9.47 Å². The van der Waals surface area contributed by atoms with Crippen molar-refractivity contribution in [2.24, 2.45) is 0 Å². The van der Waals surface area contributed by atoms with E-state index in [0.29, 0.717) is 18.8 Å². The molecule has 1 aromatic carbocycles. The normalized spacial score (nSPS) is 14.6. The lowest BCUT2D eigenvalue weighted by Crippen LogP contribution is -2.30. The van der Waals surface area contributed by atoms with Gasteiger partial charge in [0, 0.05) is 25.4 Å². The number of hydrogen-bond acceptors (Lipinski definition) is 4. The molecule has 1 amide bonds. The third-order valence-corrected chi connectivity index (χ3v) is 3.33. The Kier molecular flexibility index (Phi) is 5.95. The number of amides is 1. The molecule has 21 heavy (non-hydrogen) atoms. The molecule has 5 nitrogen and oxygen atoms in total. The zero-order chi connectivity index (χ0) is 15.1. The number of hydrogen-bond donors (Lipinski definition) is 2. The number of carbonyl (C=O) groups is 1. The molecule has 0 atom stereocenters. The molecule has 1 saturated carbocycles. The first-order chi connectivity index (χ1) is 10.2. The number of halogens is 1. The molecular weight excluding hydrogens is 275 g/mol. The maximum atomic E-state index is 13.9. The summed E-state index contributed by atoms with van der Waals surface area (Å²) in [7, 11) is 1.60. The van der Waals surface area contributed by atoms with Gasteiger partial charge in [0.15, 0.2) is 11.6 Å². The first-order valence-corrected chi connectivity index (χ1v) is 7.15. The fourth-order valence-corrected chi connectivity index (χ4v) is 1.92. The van der Waals surface area contributed by atoms with Crippen LogP contribution in [-0.4, -0.2) is 38.8 Å². The maximum Gasteiger partial charge on any atom is 0.238 e. The third-order valence-electron chi connectivity index (χ3n) is 3.33. The lowest BCUT2D eigenvalue weighted by atomic mass is 9.96. The van der Waals surface area contributed by atoms with Crippen molar-refractivity contribution < 1.29 is 18.7 Å². The van der Waals surface area contributed by atoms with Crippen LogP contribution in [0.3, 0.4) is 0 Å². The van der Waals surface area contributed by atoms with Gasteiger partial charge < -0.3 is 20.1 Å². The predicted molar refractivity (Wildman–Crippen MR) is 78.0 cm³/mol. The summed E-state index contributed by atoms with van der Waals surface area (Å²) in [6, 6.07) is 4.48. The van der Waals surface area contributed by atoms with Gasteiger partial charge in [-0.05, 0) is 31.4 Å². The van der Waals surface area contributed by atoms with Crippen LogP contribution in [0.5, 0.6) is 5.75 Å². The van der Waals surface area contributed by atoms with E-state index in [1.807, 2.05) is 0 Å². The standard InChI is InChI=1S/C15H21FN2O3/c1-20-8-7-17-10-15(19)18-11-5-6-14(13(16)9-11)21-12-3-2-4-12/h5-6,9,12,17H,2-4,7-8,10H2,1H3,(H,18,19). The molecule has 1 aliphatic carbocycles. The highest BCUT2D eigenvalue weighted by atomic mass is 19.1. The fourth-order valence-electron chi connectivity index (χ4n) is 1.92. The molecule has 1 aromatic rings. The van der Waals surface area contributed by atoms with Crippen LogP contribution in [0, 0.1) is 5.82 Å². The van der Waals surface area contributed by atoms with Crippen LogP contribution in [0.15, 0.2) is 18.2 Å². The number of methoxy groups -OCH3 is 1. The molecule has 2 rings (SSSR count). The summed E-state index contributed by atoms with van der Waals surface area (Å²) in [5, 5.41) is 5.55. The summed E-state index contributed by atoms with van der Waals surface area (Å²) in [6.07, 6.45) is 3.22. The average molecular weight is 296 g/mol. The molecule has 0 radical (unpaired) electrons. The van der Waals surface area contributed by atoms with Gasteiger partial charge in [-0.1, -0.05) is 0 Å². The van der Waals surface area contributed by atoms with Gasteiger partial charge in [0.1, 0.15) is 0 Å². The molecule has 2 N–H and O–H groups in total. The smallest absolute Gasteiger partial charge is 0.238 e. The minimum Gasteiger partial charge on any atom is -0.487 e. The number of carbonyl (C=O) groups excluding carboxylic acids is 1. The highest BCUT2D eigenvalue weighted by Gasteiger charge is 2.20. The Hall–Kier alpha value is -1.66. The molecule has 116 valence electrons. The van der Waals surface area contributed by atoms with Gasteiger partial charge in [-0.2, -0.15) is 0 Å². The number of rotatable bonds is 8. The van der Waals surface area contributed by atoms with Gasteiger partial charge in [0.05, 0.1) is 19.3 Å². The van der Waals surface area contributed by atoms with Crippen molar-refractivity contribution in [1.29, 1.82) is 0 Å². The monoisotopic (exact) mass is 296 g/mol. The third kappa shape index (κ3) is 4.99. The lowest BCUT2D eigenvalue weighted by Gasteiger charge is -2.26. The molecular formula is C15H21FN2O3. The lowest BCUT2D eigenvalue weighted by molar-refractivity contribution is -0.115. The topological polar surface area (TPSA) is 59.6 Å². The summed E-state index contributed by atoms with van der Waals surface area (Å²) >= 11 is 0. The number of ether oxygens (including phenoxy) is 2. The van der Waals surface area contributed by atoms with Gasteiger partial charge in [-0.15, -0.1) is 0 Å². The Bertz CT molecular complexity index is 478. The number of nitrogens with one attached hydrogen (secondary N) is 2. The van der Waals surface area contributed by atoms with Crippen LogP contribution in [0.25, 0.3) is 0 Å². The van der Waals surface area contributed by atoms with E-state index < -0.39 is 5.82 Å². The summed E-state index contributed by atoms with van der Waals surface area (Å²) in [4.78, 5) is 11.6. The quantitative estimate of drug-likeness (QED) is 0.720. The van der Waals surface area contributed by atoms with Gasteiger partial charge >= 0.3 is 0 Å². The summed E-state index contributed by atoms with van der Waals surface area (Å²) in [5.74, 6) is -0.430. The molecule has 0 spiro atoms. The van der Waals surface area contributed by atoms with Gasteiger partial charge in [-0.25, -0.2) is 4.39 Å². The van der Waals surface area contributed by atoms with E-state index in [-0.39, 0.29) is 24.3 Å². The Morgan fingerprint density at radius 3 is 2.86 bits per heavy atom. The average Bonchev–Trinajstić information content (AvgIpc) is 2.41. The Morgan fingerprint density at radius 2 is 2.24 bits per heavy atom. The van der Waals surface area contributed by atoms with Crippen LogP contribution in [0.2, 0.25) is 0 Å². The summed E-state index contributed by atoms with van der Waals surface area (Å²) < 4.78 is 24.2. The van der Waals surface area contributed by atoms with Crippen molar-refractivity contribution in [2.75, 3.05) is 32.1 Å². The molecule has 0 aromatic heterocycles. The first-order valence-electron chi connectivity index (χ1n) is 7.15. The van der Waals surface area contributed by atoms with Crippen LogP contribution < -0.4 is 15.4 Å². The van der Waals surface area contributed by atoms with Crippen molar-refractivity contribution in [1.82, 2.24) is 5.32 Å². The largest absolute Gasteiger partial charge is 0.487 e. The number of benzene rings is 1. The number of anilines is 1. The van der Waals surface area contributed by atoms with Crippen molar-refractivity contribution in [3.63, 3.8) is 0 Å². The van der Waals surface area contributed by atoms with Crippen molar-refractivity contribution >= 4 is 11.6 Å². The van der Waals surface area contributed by atoms with E-state index in [2.05, 4.69) is 10.6 Å². The molecule has 0 bridgehead atoms. The molecule has 0 unspecified atom stereocenters. The Labute approximate surface area is 123 Å². The first kappa shape index (κ1) is 15.7. The minimum absolute atomic E-state index is 0.130. The summed E-state index contributed by atoms with van der Waals surface area (Å²) in [5.41, 5.74) is 0.423. The molecule has 6 heteroatoms. The van der Waals surface area contributed by atoms with Crippen LogP contribution in [0.1, 0.15) is 19.3 Å². The Morgan fingerprint density at radius 1 is 1.43 bits per heavy atom. The second kappa shape index (κ2) is 7.95. The maximum absolute atomic E-state index is 13.9. The van der Waals surface area contributed by atoms with Crippen LogP contribution in [0.4, 0.5) is 10.1 Å². The molecule has 0 heterocycles. The fraction of sp³-hybridized carbons (Fsp3) is 0.533. The zero-order valence-electron chi connectivity index (χ0n) is 12.2. The molecule has 0 aliphatic heterocycles. The molecule has 1 fully saturated rings. The van der Waals surface area contributed by atoms with E-state index in [1.165, 1.54) is 6.07 Å². The second-order valence-electron chi connectivity index (χ2n) is 5.03.